The summed E-state index contributed by atoms with van der Waals surface area (Å²) in [6.07, 6.45) is 5.55. The van der Waals surface area contributed by atoms with Crippen LogP contribution in [-0.4, -0.2) is 38.2 Å². The molecule has 4 heterocycles. The number of rotatable bonds is 4. The van der Waals surface area contributed by atoms with E-state index in [0.29, 0.717) is 18.6 Å². The highest BCUT2D eigenvalue weighted by molar-refractivity contribution is 5.84. The molecule has 0 unspecified atom stereocenters. The lowest BCUT2D eigenvalue weighted by Crippen LogP contribution is -2.43. The number of anilines is 1. The van der Waals surface area contributed by atoms with E-state index in [1.165, 1.54) is 0 Å². The number of nitrogens with zero attached hydrogens (tertiary/aromatic N) is 5. The Kier molecular flexibility index (Phi) is 4.75. The van der Waals surface area contributed by atoms with E-state index in [1.54, 1.807) is 17.1 Å². The summed E-state index contributed by atoms with van der Waals surface area (Å²) >= 11 is 0. The third-order valence-corrected chi connectivity index (χ3v) is 6.03. The number of nitrogens with two attached hydrogens (primary N) is 1. The van der Waals surface area contributed by atoms with Gasteiger partial charge in [0.25, 0.3) is 5.56 Å². The minimum absolute atomic E-state index is 0.0378. The van der Waals surface area contributed by atoms with Crippen molar-refractivity contribution in [2.45, 2.75) is 38.9 Å². The lowest BCUT2D eigenvalue weighted by atomic mass is 10.1. The summed E-state index contributed by atoms with van der Waals surface area (Å²) in [6.45, 7) is 4.93. The second-order valence-electron chi connectivity index (χ2n) is 7.99. The molecule has 3 aromatic heterocycles. The molecule has 2 N–H and O–H groups in total. The molecular weight excluding hydrogens is 376 g/mol. The zero-order valence-electron chi connectivity index (χ0n) is 17.2. The van der Waals surface area contributed by atoms with Gasteiger partial charge in [0.15, 0.2) is 0 Å². The van der Waals surface area contributed by atoms with Crippen molar-refractivity contribution in [1.29, 1.82) is 0 Å². The van der Waals surface area contributed by atoms with E-state index in [0.717, 1.165) is 53.7 Å². The molecule has 1 fully saturated rings. The zero-order valence-corrected chi connectivity index (χ0v) is 17.2. The van der Waals surface area contributed by atoms with Gasteiger partial charge in [-0.2, -0.15) is 0 Å². The number of pyridine rings is 1. The SMILES string of the molecule is CCn1c(N2CCC[C@H](N)C2)cc2ncn(Cc3nccc4ccccc34)c(=O)c21. The van der Waals surface area contributed by atoms with Gasteiger partial charge in [-0.25, -0.2) is 4.98 Å². The standard InChI is InChI=1S/C23H26N6O/c1-2-29-21(27-11-5-7-17(24)13-27)12-19-22(29)23(30)28(15-26-19)14-20-18-8-4-3-6-16(18)9-10-25-20/h3-4,6,8-10,12,15,17H,2,5,7,11,13-14,24H2,1H3/t17-/m0/s1. The molecule has 1 aromatic carbocycles. The Hall–Kier alpha value is -3.19. The predicted octanol–water partition coefficient (Wildman–Crippen LogP) is 2.74. The van der Waals surface area contributed by atoms with Gasteiger partial charge in [0.1, 0.15) is 11.3 Å². The smallest absolute Gasteiger partial charge is 0.278 e. The minimum atomic E-state index is -0.0378. The number of piperidine rings is 1. The van der Waals surface area contributed by atoms with Crippen molar-refractivity contribution < 1.29 is 0 Å². The molecule has 1 atom stereocenters. The second kappa shape index (κ2) is 7.57. The fourth-order valence-electron chi connectivity index (χ4n) is 4.55. The highest BCUT2D eigenvalue weighted by Crippen LogP contribution is 2.26. The Labute approximate surface area is 174 Å². The van der Waals surface area contributed by atoms with Gasteiger partial charge in [0.2, 0.25) is 0 Å². The monoisotopic (exact) mass is 402 g/mol. The second-order valence-corrected chi connectivity index (χ2v) is 7.99. The largest absolute Gasteiger partial charge is 0.356 e. The van der Waals surface area contributed by atoms with Gasteiger partial charge in [0, 0.05) is 43.3 Å². The molecule has 154 valence electrons. The van der Waals surface area contributed by atoms with Gasteiger partial charge < -0.3 is 15.2 Å². The Morgan fingerprint density at radius 2 is 2.07 bits per heavy atom. The first-order valence-corrected chi connectivity index (χ1v) is 10.6. The summed E-state index contributed by atoms with van der Waals surface area (Å²) in [5, 5.41) is 2.17. The average Bonchev–Trinajstić information content (AvgIpc) is 3.15. The van der Waals surface area contributed by atoms with Gasteiger partial charge in [-0.05, 0) is 31.2 Å². The number of fused-ring (bicyclic) bond motifs is 2. The Balaban J connectivity index is 1.59. The predicted molar refractivity (Wildman–Crippen MR) is 120 cm³/mol. The van der Waals surface area contributed by atoms with Gasteiger partial charge in [0.05, 0.1) is 24.1 Å². The molecule has 1 saturated heterocycles. The summed E-state index contributed by atoms with van der Waals surface area (Å²) in [6, 6.07) is 12.3. The molecule has 0 radical (unpaired) electrons. The third-order valence-electron chi connectivity index (χ3n) is 6.03. The zero-order chi connectivity index (χ0) is 20.7. The topological polar surface area (TPSA) is 82.0 Å². The summed E-state index contributed by atoms with van der Waals surface area (Å²) in [5.41, 5.74) is 8.41. The molecule has 4 aromatic rings. The van der Waals surface area contributed by atoms with E-state index < -0.39 is 0 Å². The summed E-state index contributed by atoms with van der Waals surface area (Å²) in [4.78, 5) is 24.9. The van der Waals surface area contributed by atoms with Crippen molar-refractivity contribution in [3.8, 4) is 0 Å². The summed E-state index contributed by atoms with van der Waals surface area (Å²) in [5.74, 6) is 1.04. The van der Waals surface area contributed by atoms with Crippen molar-refractivity contribution in [3.05, 3.63) is 65.0 Å². The van der Waals surface area contributed by atoms with Gasteiger partial charge in [-0.1, -0.05) is 24.3 Å². The molecule has 1 aliphatic rings. The van der Waals surface area contributed by atoms with Crippen LogP contribution in [0.1, 0.15) is 25.5 Å². The van der Waals surface area contributed by atoms with Crippen LogP contribution in [0, 0.1) is 0 Å². The quantitative estimate of drug-likeness (QED) is 0.568. The molecule has 0 bridgehead atoms. The first-order chi connectivity index (χ1) is 14.7. The molecular formula is C23H26N6O. The fourth-order valence-corrected chi connectivity index (χ4v) is 4.55. The first-order valence-electron chi connectivity index (χ1n) is 10.6. The van der Waals surface area contributed by atoms with Crippen LogP contribution in [0.3, 0.4) is 0 Å². The molecule has 0 spiro atoms. The van der Waals surface area contributed by atoms with Crippen molar-refractivity contribution in [2.24, 2.45) is 5.73 Å². The lowest BCUT2D eigenvalue weighted by molar-refractivity contribution is 0.498. The lowest BCUT2D eigenvalue weighted by Gasteiger charge is -2.33. The molecule has 7 heteroatoms. The number of aryl methyl sites for hydroxylation is 1. The van der Waals surface area contributed by atoms with Crippen LogP contribution in [0.25, 0.3) is 21.8 Å². The van der Waals surface area contributed by atoms with Gasteiger partial charge in [-0.3, -0.25) is 14.3 Å². The van der Waals surface area contributed by atoms with E-state index in [-0.39, 0.29) is 11.6 Å². The highest BCUT2D eigenvalue weighted by Gasteiger charge is 2.22. The third kappa shape index (κ3) is 3.15. The molecule has 0 amide bonds. The maximum Gasteiger partial charge on any atom is 0.278 e. The number of hydrogen-bond donors (Lipinski definition) is 1. The van der Waals surface area contributed by atoms with Crippen molar-refractivity contribution in [1.82, 2.24) is 19.1 Å². The van der Waals surface area contributed by atoms with Crippen LogP contribution in [0.5, 0.6) is 0 Å². The van der Waals surface area contributed by atoms with Crippen molar-refractivity contribution >= 4 is 27.6 Å². The van der Waals surface area contributed by atoms with Crippen LogP contribution in [-0.2, 0) is 13.1 Å². The summed E-state index contributed by atoms with van der Waals surface area (Å²) < 4.78 is 3.74. The Morgan fingerprint density at radius 3 is 2.90 bits per heavy atom. The minimum Gasteiger partial charge on any atom is -0.356 e. The molecule has 7 nitrogen and oxygen atoms in total. The van der Waals surface area contributed by atoms with E-state index in [4.69, 9.17) is 5.73 Å². The highest BCUT2D eigenvalue weighted by atomic mass is 16.1. The molecule has 0 aliphatic carbocycles. The summed E-state index contributed by atoms with van der Waals surface area (Å²) in [7, 11) is 0. The van der Waals surface area contributed by atoms with Crippen LogP contribution < -0.4 is 16.2 Å². The fraction of sp³-hybridized carbons (Fsp3) is 0.348. The van der Waals surface area contributed by atoms with E-state index in [1.807, 2.05) is 30.3 Å². The van der Waals surface area contributed by atoms with Crippen LogP contribution in [0.4, 0.5) is 5.82 Å². The first kappa shape index (κ1) is 18.8. The molecule has 30 heavy (non-hydrogen) atoms. The average molecular weight is 403 g/mol. The number of hydrogen-bond acceptors (Lipinski definition) is 5. The van der Waals surface area contributed by atoms with Gasteiger partial charge in [-0.15, -0.1) is 0 Å². The maximum atomic E-state index is 13.4. The van der Waals surface area contributed by atoms with E-state index in [2.05, 4.69) is 32.4 Å². The van der Waals surface area contributed by atoms with E-state index >= 15 is 0 Å². The molecule has 5 rings (SSSR count). The maximum absolute atomic E-state index is 13.4. The van der Waals surface area contributed by atoms with Crippen molar-refractivity contribution in [2.75, 3.05) is 18.0 Å². The van der Waals surface area contributed by atoms with E-state index in [9.17, 15) is 4.79 Å². The van der Waals surface area contributed by atoms with Crippen LogP contribution >= 0.6 is 0 Å². The van der Waals surface area contributed by atoms with Crippen LogP contribution in [0.2, 0.25) is 0 Å². The molecule has 1 aliphatic heterocycles. The Bertz CT molecular complexity index is 1270. The number of benzene rings is 1. The molecule has 0 saturated carbocycles. The number of aromatic nitrogens is 4. The van der Waals surface area contributed by atoms with Gasteiger partial charge >= 0.3 is 0 Å². The van der Waals surface area contributed by atoms with Crippen LogP contribution in [0.15, 0.2) is 53.7 Å². The van der Waals surface area contributed by atoms with Crippen molar-refractivity contribution in [3.63, 3.8) is 0 Å². The Morgan fingerprint density at radius 1 is 1.20 bits per heavy atom. The normalized spacial score (nSPS) is 17.1.